The third-order valence-corrected chi connectivity index (χ3v) is 4.88. The van der Waals surface area contributed by atoms with E-state index in [1.807, 2.05) is 0 Å². The average molecular weight is 441 g/mol. The minimum atomic E-state index is -4.54. The van der Waals surface area contributed by atoms with Gasteiger partial charge in [-0.2, -0.15) is 13.2 Å². The molecule has 0 aliphatic carbocycles. The second kappa shape index (κ2) is 9.33. The first-order chi connectivity index (χ1) is 12.2. The molecule has 1 N–H and O–H groups in total. The molecule has 1 fully saturated rings. The highest BCUT2D eigenvalue weighted by atomic mass is 35.5. The lowest BCUT2D eigenvalue weighted by atomic mass is 10.0. The van der Waals surface area contributed by atoms with E-state index in [-0.39, 0.29) is 42.3 Å². The molecule has 0 unspecified atom stereocenters. The first kappa shape index (κ1) is 24.5. The van der Waals surface area contributed by atoms with E-state index in [1.54, 1.807) is 37.9 Å². The molecule has 1 aromatic carbocycles. The molecule has 0 spiro atoms. The zero-order chi connectivity index (χ0) is 19.1. The number of carbonyl (C=O) groups excluding carboxylic acids is 1. The number of alkyl halides is 3. The molecule has 1 aliphatic rings. The SMILES string of the molecule is CC(C)n1c(C(F)(F)F)nc2cc(C(=O)N(C)C3CCNCC3)ccc21.Cl.Cl. The number of benzene rings is 1. The lowest BCUT2D eigenvalue weighted by Crippen LogP contribution is -2.43. The van der Waals surface area contributed by atoms with Crippen molar-refractivity contribution in [3.8, 4) is 0 Å². The maximum absolute atomic E-state index is 13.3. The van der Waals surface area contributed by atoms with Crippen molar-refractivity contribution in [1.82, 2.24) is 19.8 Å². The van der Waals surface area contributed by atoms with Gasteiger partial charge in [0.1, 0.15) is 0 Å². The number of hydrogen-bond acceptors (Lipinski definition) is 3. The summed E-state index contributed by atoms with van der Waals surface area (Å²) in [5.74, 6) is -1.12. The van der Waals surface area contributed by atoms with E-state index in [4.69, 9.17) is 0 Å². The van der Waals surface area contributed by atoms with Crippen LogP contribution in [-0.2, 0) is 6.18 Å². The van der Waals surface area contributed by atoms with Crippen LogP contribution in [0.1, 0.15) is 48.9 Å². The molecule has 0 radical (unpaired) electrons. The maximum atomic E-state index is 13.3. The van der Waals surface area contributed by atoms with E-state index in [0.717, 1.165) is 25.9 Å². The minimum Gasteiger partial charge on any atom is -0.339 e. The summed E-state index contributed by atoms with van der Waals surface area (Å²) in [6.07, 6.45) is -2.81. The lowest BCUT2D eigenvalue weighted by molar-refractivity contribution is -0.147. The molecular weight excluding hydrogens is 416 g/mol. The molecule has 1 amide bonds. The molecule has 0 atom stereocenters. The van der Waals surface area contributed by atoms with Crippen LogP contribution in [0.25, 0.3) is 11.0 Å². The van der Waals surface area contributed by atoms with Gasteiger partial charge in [0.05, 0.1) is 11.0 Å². The summed E-state index contributed by atoms with van der Waals surface area (Å²) in [5, 5.41) is 3.25. The van der Waals surface area contributed by atoms with Gasteiger partial charge in [0.2, 0.25) is 5.82 Å². The van der Waals surface area contributed by atoms with Crippen molar-refractivity contribution in [1.29, 1.82) is 0 Å². The Hall–Kier alpha value is -1.51. The molecular formula is C18H25Cl2F3N4O. The largest absolute Gasteiger partial charge is 0.449 e. The van der Waals surface area contributed by atoms with Gasteiger partial charge in [-0.05, 0) is 58.0 Å². The molecule has 1 aliphatic heterocycles. The summed E-state index contributed by atoms with van der Waals surface area (Å²) in [6, 6.07) is 4.35. The van der Waals surface area contributed by atoms with Gasteiger partial charge >= 0.3 is 6.18 Å². The van der Waals surface area contributed by atoms with Crippen LogP contribution in [0.3, 0.4) is 0 Å². The third-order valence-electron chi connectivity index (χ3n) is 4.88. The maximum Gasteiger partial charge on any atom is 0.449 e. The predicted molar refractivity (Wildman–Crippen MR) is 108 cm³/mol. The van der Waals surface area contributed by atoms with Gasteiger partial charge in [0.15, 0.2) is 0 Å². The number of hydrogen-bond donors (Lipinski definition) is 1. The van der Waals surface area contributed by atoms with Gasteiger partial charge in [-0.15, -0.1) is 24.8 Å². The number of nitrogens with one attached hydrogen (secondary N) is 1. The molecule has 0 saturated carbocycles. The summed E-state index contributed by atoms with van der Waals surface area (Å²) in [6.45, 7) is 5.07. The molecule has 10 heteroatoms. The summed E-state index contributed by atoms with van der Waals surface area (Å²) in [7, 11) is 1.75. The van der Waals surface area contributed by atoms with Gasteiger partial charge < -0.3 is 14.8 Å². The normalized spacial score (nSPS) is 15.2. The summed E-state index contributed by atoms with van der Waals surface area (Å²) >= 11 is 0. The summed E-state index contributed by atoms with van der Waals surface area (Å²) < 4.78 is 41.1. The third kappa shape index (κ3) is 4.72. The lowest BCUT2D eigenvalue weighted by Gasteiger charge is -2.31. The Morgan fingerprint density at radius 1 is 1.25 bits per heavy atom. The fraction of sp³-hybridized carbons (Fsp3) is 0.556. The van der Waals surface area contributed by atoms with Crippen LogP contribution in [0.15, 0.2) is 18.2 Å². The standard InChI is InChI=1S/C18H23F3N4O.2ClH/c1-11(2)25-15-5-4-12(10-14(15)23-17(25)18(19,20)21)16(26)24(3)13-6-8-22-9-7-13;;/h4-5,10-11,13,22H,6-9H2,1-3H3;2*1H. The molecule has 3 rings (SSSR count). The highest BCUT2D eigenvalue weighted by molar-refractivity contribution is 5.97. The van der Waals surface area contributed by atoms with Crippen LogP contribution < -0.4 is 5.32 Å². The van der Waals surface area contributed by atoms with Gasteiger partial charge in [0, 0.05) is 24.7 Å². The van der Waals surface area contributed by atoms with Crippen LogP contribution >= 0.6 is 24.8 Å². The summed E-state index contributed by atoms with van der Waals surface area (Å²) in [4.78, 5) is 18.2. The van der Waals surface area contributed by atoms with Gasteiger partial charge in [-0.3, -0.25) is 4.79 Å². The summed E-state index contributed by atoms with van der Waals surface area (Å²) in [5.41, 5.74) is 0.935. The number of halogens is 5. The smallest absolute Gasteiger partial charge is 0.339 e. The van der Waals surface area contributed by atoms with E-state index < -0.39 is 18.0 Å². The monoisotopic (exact) mass is 440 g/mol. The number of amides is 1. The van der Waals surface area contributed by atoms with Crippen molar-refractivity contribution in [3.63, 3.8) is 0 Å². The minimum absolute atomic E-state index is 0. The highest BCUT2D eigenvalue weighted by Crippen LogP contribution is 2.34. The number of carbonyl (C=O) groups is 1. The quantitative estimate of drug-likeness (QED) is 0.773. The van der Waals surface area contributed by atoms with Gasteiger partial charge in [-0.1, -0.05) is 0 Å². The van der Waals surface area contributed by atoms with Crippen LogP contribution in [0.5, 0.6) is 0 Å². The van der Waals surface area contributed by atoms with E-state index in [1.165, 1.54) is 10.6 Å². The Morgan fingerprint density at radius 3 is 2.39 bits per heavy atom. The number of aromatic nitrogens is 2. The Kier molecular flexibility index (Phi) is 8.17. The second-order valence-electron chi connectivity index (χ2n) is 7.00. The zero-order valence-corrected chi connectivity index (χ0v) is 17.5. The number of nitrogens with zero attached hydrogens (tertiary/aromatic N) is 3. The Bertz CT molecular complexity index is 817. The van der Waals surface area contributed by atoms with Crippen LogP contribution in [0.2, 0.25) is 0 Å². The van der Waals surface area contributed by atoms with Gasteiger partial charge in [0.25, 0.3) is 5.91 Å². The molecule has 0 bridgehead atoms. The van der Waals surface area contributed by atoms with E-state index in [9.17, 15) is 18.0 Å². The van der Waals surface area contributed by atoms with E-state index >= 15 is 0 Å². The first-order valence-corrected chi connectivity index (χ1v) is 8.77. The second-order valence-corrected chi connectivity index (χ2v) is 7.00. The van der Waals surface area contributed by atoms with Crippen molar-refractivity contribution in [2.24, 2.45) is 0 Å². The molecule has 1 aromatic heterocycles. The van der Waals surface area contributed by atoms with Crippen LogP contribution in [0, 0.1) is 0 Å². The highest BCUT2D eigenvalue weighted by Gasteiger charge is 2.38. The average Bonchev–Trinajstić information content (AvgIpc) is 3.00. The van der Waals surface area contributed by atoms with Crippen LogP contribution in [-0.4, -0.2) is 46.5 Å². The molecule has 1 saturated heterocycles. The fourth-order valence-electron chi connectivity index (χ4n) is 3.52. The van der Waals surface area contributed by atoms with Crippen molar-refractivity contribution >= 4 is 41.8 Å². The topological polar surface area (TPSA) is 50.2 Å². The van der Waals surface area contributed by atoms with E-state index in [0.29, 0.717) is 11.1 Å². The van der Waals surface area contributed by atoms with Crippen molar-refractivity contribution in [3.05, 3.63) is 29.6 Å². The molecule has 158 valence electrons. The first-order valence-electron chi connectivity index (χ1n) is 8.77. The van der Waals surface area contributed by atoms with Gasteiger partial charge in [-0.25, -0.2) is 4.98 Å². The molecule has 2 aromatic rings. The van der Waals surface area contributed by atoms with Crippen molar-refractivity contribution < 1.29 is 18.0 Å². The number of piperidine rings is 1. The number of rotatable bonds is 3. The Labute approximate surface area is 174 Å². The number of imidazole rings is 1. The predicted octanol–water partition coefficient (Wildman–Crippen LogP) is 4.30. The number of fused-ring (bicyclic) bond motifs is 1. The molecule has 5 nitrogen and oxygen atoms in total. The zero-order valence-electron chi connectivity index (χ0n) is 15.9. The molecule has 2 heterocycles. The molecule has 28 heavy (non-hydrogen) atoms. The Morgan fingerprint density at radius 2 is 1.86 bits per heavy atom. The van der Waals surface area contributed by atoms with Crippen molar-refractivity contribution in [2.75, 3.05) is 20.1 Å². The van der Waals surface area contributed by atoms with Crippen LogP contribution in [0.4, 0.5) is 13.2 Å². The Balaban J connectivity index is 0.00000196. The fourth-order valence-corrected chi connectivity index (χ4v) is 3.52. The van der Waals surface area contributed by atoms with Crippen molar-refractivity contribution in [2.45, 2.75) is 44.9 Å². The van der Waals surface area contributed by atoms with E-state index in [2.05, 4.69) is 10.3 Å².